The number of nitrogens with zero attached hydrogens (tertiary/aromatic N) is 8. The molecule has 1 aromatic carbocycles. The van der Waals surface area contributed by atoms with E-state index < -0.39 is 7.92 Å². The van der Waals surface area contributed by atoms with Crippen LogP contribution in [0.15, 0.2) is 49.2 Å². The molecular weight excluding hydrogens is 551 g/mol. The van der Waals surface area contributed by atoms with Crippen LogP contribution in [0.3, 0.4) is 0 Å². The number of anilines is 5. The molecule has 1 aliphatic rings. The summed E-state index contributed by atoms with van der Waals surface area (Å²) in [5.41, 5.74) is 6.18. The van der Waals surface area contributed by atoms with Gasteiger partial charge >= 0.3 is 0 Å². The predicted octanol–water partition coefficient (Wildman–Crippen LogP) is 4.22. The molecule has 1 fully saturated rings. The van der Waals surface area contributed by atoms with Crippen LogP contribution in [-0.4, -0.2) is 81.4 Å². The van der Waals surface area contributed by atoms with Gasteiger partial charge in [0.25, 0.3) is 0 Å². The maximum Gasteiger partial charge on any atom is 0.239 e. The van der Waals surface area contributed by atoms with Crippen molar-refractivity contribution in [2.45, 2.75) is 6.92 Å². The van der Waals surface area contributed by atoms with Crippen LogP contribution in [0, 0.1) is 6.92 Å². The van der Waals surface area contributed by atoms with Crippen molar-refractivity contribution in [2.24, 2.45) is 7.05 Å². The molecule has 0 saturated carbocycles. The quantitative estimate of drug-likeness (QED) is 0.254. The Balaban J connectivity index is 1.37. The van der Waals surface area contributed by atoms with Crippen LogP contribution in [0.4, 0.5) is 29.0 Å². The summed E-state index contributed by atoms with van der Waals surface area (Å²) in [4.78, 5) is 25.7. The molecule has 0 radical (unpaired) electrons. The monoisotopic (exact) mass is 584 g/mol. The predicted molar refractivity (Wildman–Crippen MR) is 167 cm³/mol. The first kappa shape index (κ1) is 27.7. The van der Waals surface area contributed by atoms with Crippen molar-refractivity contribution in [2.75, 3.05) is 62.3 Å². The average molecular weight is 585 g/mol. The van der Waals surface area contributed by atoms with Crippen molar-refractivity contribution in [3.8, 4) is 17.0 Å². The Bertz CT molecular complexity index is 1740. The summed E-state index contributed by atoms with van der Waals surface area (Å²) in [7, 11) is 3.04. The van der Waals surface area contributed by atoms with Gasteiger partial charge in [-0.25, -0.2) is 4.98 Å². The van der Waals surface area contributed by atoms with Gasteiger partial charge in [0.05, 0.1) is 37.6 Å². The third kappa shape index (κ3) is 5.55. The fourth-order valence-electron chi connectivity index (χ4n) is 4.97. The first-order chi connectivity index (χ1) is 20.4. The lowest BCUT2D eigenvalue weighted by molar-refractivity contribution is 0.122. The van der Waals surface area contributed by atoms with E-state index in [0.29, 0.717) is 36.5 Å². The van der Waals surface area contributed by atoms with Crippen LogP contribution in [-0.2, 0) is 11.8 Å². The summed E-state index contributed by atoms with van der Waals surface area (Å²) in [6.07, 6.45) is 9.06. The number of ether oxygens (including phenoxy) is 2. The van der Waals surface area contributed by atoms with E-state index in [1.807, 2.05) is 44.6 Å². The van der Waals surface area contributed by atoms with E-state index in [4.69, 9.17) is 19.4 Å². The lowest BCUT2D eigenvalue weighted by atomic mass is 10.1. The maximum absolute atomic E-state index is 5.74. The molecule has 1 aliphatic heterocycles. The number of fused-ring (bicyclic) bond motifs is 1. The Kier molecular flexibility index (Phi) is 7.82. The highest BCUT2D eigenvalue weighted by Gasteiger charge is 2.22. The number of rotatable bonds is 8. The maximum atomic E-state index is 5.74. The standard InChI is InChI=1S/C29H33N10O2P/c1-18-15-32-29(36-26(18)34-22-7-6-21-24(25(22)42(4)5)31-9-8-30-21)35-23-14-20(19-16-33-38(2)17-19)27(37-28(23)40-3)39-10-12-41-13-11-39/h6-9,14-17H,10-13H2,1-5H3,(H2,32,34,35,36). The smallest absolute Gasteiger partial charge is 0.239 e. The van der Waals surface area contributed by atoms with Gasteiger partial charge in [-0.3, -0.25) is 14.6 Å². The molecule has 0 spiro atoms. The highest BCUT2D eigenvalue weighted by molar-refractivity contribution is 7.65. The summed E-state index contributed by atoms with van der Waals surface area (Å²) in [6, 6.07) is 6.04. The second-order valence-corrected chi connectivity index (χ2v) is 12.4. The third-order valence-corrected chi connectivity index (χ3v) is 8.37. The molecule has 4 aromatic heterocycles. The van der Waals surface area contributed by atoms with Gasteiger partial charge in [0.15, 0.2) is 0 Å². The minimum atomic E-state index is -0.477. The first-order valence-electron chi connectivity index (χ1n) is 13.6. The molecule has 12 nitrogen and oxygen atoms in total. The lowest BCUT2D eigenvalue weighted by Gasteiger charge is -2.30. The molecule has 6 rings (SSSR count). The molecule has 0 unspecified atom stereocenters. The van der Waals surface area contributed by atoms with Crippen molar-refractivity contribution in [3.63, 3.8) is 0 Å². The molecule has 1 saturated heterocycles. The number of aromatic nitrogens is 7. The number of hydrogen-bond donors (Lipinski definition) is 2. The summed E-state index contributed by atoms with van der Waals surface area (Å²) >= 11 is 0. The zero-order chi connectivity index (χ0) is 29.2. The van der Waals surface area contributed by atoms with E-state index in [9.17, 15) is 0 Å². The van der Waals surface area contributed by atoms with Crippen molar-refractivity contribution in [3.05, 3.63) is 54.7 Å². The minimum absolute atomic E-state index is 0.414. The van der Waals surface area contributed by atoms with Crippen LogP contribution in [0.2, 0.25) is 0 Å². The van der Waals surface area contributed by atoms with Crippen molar-refractivity contribution < 1.29 is 9.47 Å². The SMILES string of the molecule is COc1nc(N2CCOCC2)c(-c2cnn(C)c2)cc1Nc1ncc(C)c(Nc2ccc3nccnc3c2P(C)C)n1. The highest BCUT2D eigenvalue weighted by Crippen LogP contribution is 2.38. The number of hydrogen-bond acceptors (Lipinski definition) is 11. The Morgan fingerprint density at radius 1 is 0.976 bits per heavy atom. The van der Waals surface area contributed by atoms with Crippen molar-refractivity contribution in [1.29, 1.82) is 0 Å². The Hall–Kier alpha value is -4.41. The summed E-state index contributed by atoms with van der Waals surface area (Å²) < 4.78 is 13.1. The number of aryl methyl sites for hydroxylation is 2. The molecule has 0 aliphatic carbocycles. The van der Waals surface area contributed by atoms with Crippen LogP contribution in [0.5, 0.6) is 5.88 Å². The topological polar surface area (TPSA) is 128 Å². The van der Waals surface area contributed by atoms with Gasteiger partial charge in [0.2, 0.25) is 11.8 Å². The van der Waals surface area contributed by atoms with E-state index in [1.165, 1.54) is 0 Å². The lowest BCUT2D eigenvalue weighted by Crippen LogP contribution is -2.37. The highest BCUT2D eigenvalue weighted by atomic mass is 31.1. The van der Waals surface area contributed by atoms with E-state index in [2.05, 4.69) is 48.9 Å². The number of methoxy groups -OCH3 is 1. The molecule has 0 bridgehead atoms. The number of nitrogens with one attached hydrogen (secondary N) is 2. The van der Waals surface area contributed by atoms with Crippen LogP contribution < -0.4 is 25.6 Å². The Morgan fingerprint density at radius 3 is 2.52 bits per heavy atom. The molecule has 5 heterocycles. The summed E-state index contributed by atoms with van der Waals surface area (Å²) in [5.74, 6) is 2.37. The fourth-order valence-corrected chi connectivity index (χ4v) is 6.18. The molecule has 42 heavy (non-hydrogen) atoms. The third-order valence-electron chi connectivity index (χ3n) is 7.02. The van der Waals surface area contributed by atoms with Crippen LogP contribution in [0.1, 0.15) is 5.56 Å². The van der Waals surface area contributed by atoms with Gasteiger partial charge < -0.3 is 25.0 Å². The summed E-state index contributed by atoms with van der Waals surface area (Å²) in [6.45, 7) is 9.18. The zero-order valence-corrected chi connectivity index (χ0v) is 25.2. The summed E-state index contributed by atoms with van der Waals surface area (Å²) in [5, 5.41) is 12.4. The Morgan fingerprint density at radius 2 is 1.79 bits per heavy atom. The average Bonchev–Trinajstić information content (AvgIpc) is 3.44. The van der Waals surface area contributed by atoms with Gasteiger partial charge in [-0.2, -0.15) is 15.1 Å². The molecule has 5 aromatic rings. The number of pyridine rings is 1. The fraction of sp³-hybridized carbons (Fsp3) is 0.310. The second kappa shape index (κ2) is 11.8. The van der Waals surface area contributed by atoms with Gasteiger partial charge in [-0.05, 0) is 38.5 Å². The Labute approximate surface area is 245 Å². The van der Waals surface area contributed by atoms with Gasteiger partial charge in [0.1, 0.15) is 17.3 Å². The van der Waals surface area contributed by atoms with E-state index in [1.54, 1.807) is 30.4 Å². The minimum Gasteiger partial charge on any atom is -0.479 e. The molecule has 13 heteroatoms. The molecule has 2 N–H and O–H groups in total. The number of morpholine rings is 1. The van der Waals surface area contributed by atoms with Crippen LogP contribution >= 0.6 is 7.92 Å². The van der Waals surface area contributed by atoms with E-state index in [-0.39, 0.29) is 0 Å². The van der Waals surface area contributed by atoms with E-state index >= 15 is 0 Å². The first-order valence-corrected chi connectivity index (χ1v) is 15.8. The normalized spacial score (nSPS) is 13.5. The second-order valence-electron chi connectivity index (χ2n) is 10.2. The van der Waals surface area contributed by atoms with Gasteiger partial charge in [0, 0.05) is 72.6 Å². The zero-order valence-electron chi connectivity index (χ0n) is 24.3. The molecule has 0 amide bonds. The van der Waals surface area contributed by atoms with Crippen molar-refractivity contribution in [1.82, 2.24) is 34.7 Å². The molecule has 216 valence electrons. The number of benzene rings is 1. The largest absolute Gasteiger partial charge is 0.479 e. The van der Waals surface area contributed by atoms with Crippen LogP contribution in [0.25, 0.3) is 22.2 Å². The van der Waals surface area contributed by atoms with Crippen molar-refractivity contribution >= 4 is 53.2 Å². The van der Waals surface area contributed by atoms with E-state index in [0.717, 1.165) is 57.6 Å². The van der Waals surface area contributed by atoms with Gasteiger partial charge in [-0.1, -0.05) is 7.92 Å². The van der Waals surface area contributed by atoms with Gasteiger partial charge in [-0.15, -0.1) is 0 Å². The molecule has 0 atom stereocenters. The molecular formula is C29H33N10O2P.